The highest BCUT2D eigenvalue weighted by Crippen LogP contribution is 2.17. The molecule has 0 aliphatic carbocycles. The molecule has 1 aromatic heterocycles. The molecule has 0 spiro atoms. The highest BCUT2D eigenvalue weighted by molar-refractivity contribution is 6.40. The highest BCUT2D eigenvalue weighted by atomic mass is 19.1. The Kier molecular flexibility index (Phi) is 6.14. The van der Waals surface area contributed by atoms with E-state index in [1.165, 1.54) is 4.68 Å². The minimum Gasteiger partial charge on any atom is -0.427 e. The molecule has 1 unspecified atom stereocenters. The molecule has 10 heteroatoms. The number of hydrogen-bond acceptors (Lipinski definition) is 6. The largest absolute Gasteiger partial charge is 0.451 e. The third-order valence-corrected chi connectivity index (χ3v) is 3.45. The van der Waals surface area contributed by atoms with Crippen LogP contribution in [0.15, 0.2) is 18.2 Å². The zero-order chi connectivity index (χ0) is 16.8. The van der Waals surface area contributed by atoms with Crippen LogP contribution in [0.2, 0.25) is 6.32 Å². The third kappa shape index (κ3) is 5.05. The van der Waals surface area contributed by atoms with Crippen LogP contribution in [0.1, 0.15) is 36.7 Å². The minimum absolute atomic E-state index is 0.0189. The molecule has 1 atom stereocenters. The number of hydrogen-bond donors (Lipinski definition) is 3. The zero-order valence-electron chi connectivity index (χ0n) is 12.4. The summed E-state index contributed by atoms with van der Waals surface area (Å²) in [5.74, 6) is -0.709. The summed E-state index contributed by atoms with van der Waals surface area (Å²) in [7, 11) is -1.33. The monoisotopic (exact) mass is 325 g/mol. The molecule has 7 nitrogen and oxygen atoms in total. The second-order valence-corrected chi connectivity index (χ2v) is 5.30. The van der Waals surface area contributed by atoms with E-state index in [0.29, 0.717) is 25.1 Å². The van der Waals surface area contributed by atoms with Crippen molar-refractivity contribution >= 4 is 7.12 Å². The van der Waals surface area contributed by atoms with Crippen LogP contribution in [-0.4, -0.2) is 37.4 Å². The van der Waals surface area contributed by atoms with E-state index in [1.54, 1.807) is 0 Å². The number of tetrazole rings is 1. The van der Waals surface area contributed by atoms with E-state index < -0.39 is 24.8 Å². The van der Waals surface area contributed by atoms with E-state index in [0.717, 1.165) is 18.2 Å². The van der Waals surface area contributed by atoms with Crippen LogP contribution >= 0.6 is 0 Å². The fourth-order valence-electron chi connectivity index (χ4n) is 2.24. The second kappa shape index (κ2) is 8.09. The fraction of sp³-hybridized carbons (Fsp3) is 0.462. The van der Waals surface area contributed by atoms with Crippen molar-refractivity contribution in [2.24, 2.45) is 5.73 Å². The van der Waals surface area contributed by atoms with Gasteiger partial charge in [-0.3, -0.25) is 0 Å². The van der Waals surface area contributed by atoms with Crippen molar-refractivity contribution in [3.05, 3.63) is 41.2 Å². The summed E-state index contributed by atoms with van der Waals surface area (Å²) in [6.07, 6.45) is 2.08. The van der Waals surface area contributed by atoms with Crippen molar-refractivity contribution in [3.8, 4) is 0 Å². The van der Waals surface area contributed by atoms with Gasteiger partial charge in [0.25, 0.3) is 0 Å². The van der Waals surface area contributed by atoms with Gasteiger partial charge in [-0.1, -0.05) is 12.8 Å². The quantitative estimate of drug-likeness (QED) is 0.485. The molecule has 1 aromatic carbocycles. The number of aromatic nitrogens is 4. The standard InChI is InChI=1S/C13H18BF2N5O2/c15-10-4-5-11(16)9(7-10)8-21-13(18-19-20-21)12(17)3-1-2-6-14(22)23/h4-5,7,12,22-23H,1-3,6,8,17H2. The van der Waals surface area contributed by atoms with Gasteiger partial charge in [0.1, 0.15) is 11.6 Å². The van der Waals surface area contributed by atoms with E-state index in [4.69, 9.17) is 15.8 Å². The minimum atomic E-state index is -1.33. The molecule has 1 heterocycles. The van der Waals surface area contributed by atoms with Gasteiger partial charge in [0.2, 0.25) is 0 Å². The first-order valence-corrected chi connectivity index (χ1v) is 7.29. The lowest BCUT2D eigenvalue weighted by atomic mass is 9.83. The van der Waals surface area contributed by atoms with Crippen LogP contribution in [0.25, 0.3) is 0 Å². The summed E-state index contributed by atoms with van der Waals surface area (Å²) >= 11 is 0. The van der Waals surface area contributed by atoms with Crippen LogP contribution in [0.4, 0.5) is 8.78 Å². The Morgan fingerprint density at radius 3 is 2.78 bits per heavy atom. The molecular formula is C13H18BF2N5O2. The summed E-state index contributed by atoms with van der Waals surface area (Å²) in [5.41, 5.74) is 6.16. The molecule has 2 rings (SSSR count). The maximum absolute atomic E-state index is 13.7. The Morgan fingerprint density at radius 1 is 1.26 bits per heavy atom. The molecule has 0 saturated carbocycles. The predicted octanol–water partition coefficient (Wildman–Crippen LogP) is 0.642. The predicted molar refractivity (Wildman–Crippen MR) is 79.1 cm³/mol. The number of halogens is 2. The number of unbranched alkanes of at least 4 members (excludes halogenated alkanes) is 1. The molecule has 0 saturated heterocycles. The van der Waals surface area contributed by atoms with Gasteiger partial charge in [-0.05, 0) is 41.4 Å². The Bertz CT molecular complexity index is 641. The number of nitrogens with two attached hydrogens (primary N) is 1. The fourth-order valence-corrected chi connectivity index (χ4v) is 2.24. The van der Waals surface area contributed by atoms with Gasteiger partial charge in [0.15, 0.2) is 5.82 Å². The van der Waals surface area contributed by atoms with Crippen LogP contribution in [0.3, 0.4) is 0 Å². The first-order chi connectivity index (χ1) is 11.0. The van der Waals surface area contributed by atoms with Crippen molar-refractivity contribution in [1.82, 2.24) is 20.2 Å². The van der Waals surface area contributed by atoms with Crippen molar-refractivity contribution in [2.45, 2.75) is 38.2 Å². The smallest absolute Gasteiger partial charge is 0.427 e. The molecule has 0 aliphatic rings. The van der Waals surface area contributed by atoms with Crippen LogP contribution in [0, 0.1) is 11.6 Å². The third-order valence-electron chi connectivity index (χ3n) is 3.45. The molecule has 0 bridgehead atoms. The Hall–Kier alpha value is -1.91. The van der Waals surface area contributed by atoms with Gasteiger partial charge < -0.3 is 15.8 Å². The molecule has 23 heavy (non-hydrogen) atoms. The molecule has 2 aromatic rings. The number of rotatable bonds is 8. The number of benzene rings is 1. The Morgan fingerprint density at radius 2 is 2.04 bits per heavy atom. The van der Waals surface area contributed by atoms with Gasteiger partial charge in [-0.2, -0.15) is 0 Å². The first kappa shape index (κ1) is 17.4. The summed E-state index contributed by atoms with van der Waals surface area (Å²) in [4.78, 5) is 0. The zero-order valence-corrected chi connectivity index (χ0v) is 12.4. The lowest BCUT2D eigenvalue weighted by Gasteiger charge is -2.12. The average molecular weight is 325 g/mol. The Balaban J connectivity index is 2.00. The summed E-state index contributed by atoms with van der Waals surface area (Å²) in [6.45, 7) is -0.0189. The van der Waals surface area contributed by atoms with Crippen molar-refractivity contribution in [1.29, 1.82) is 0 Å². The molecule has 0 amide bonds. The van der Waals surface area contributed by atoms with Gasteiger partial charge >= 0.3 is 7.12 Å². The van der Waals surface area contributed by atoms with Crippen LogP contribution in [-0.2, 0) is 6.54 Å². The van der Waals surface area contributed by atoms with E-state index in [1.807, 2.05) is 0 Å². The van der Waals surface area contributed by atoms with Crippen LogP contribution in [0.5, 0.6) is 0 Å². The average Bonchev–Trinajstić information content (AvgIpc) is 2.95. The summed E-state index contributed by atoms with van der Waals surface area (Å²) in [6, 6.07) is 2.71. The maximum atomic E-state index is 13.7. The van der Waals surface area contributed by atoms with Crippen molar-refractivity contribution in [3.63, 3.8) is 0 Å². The summed E-state index contributed by atoms with van der Waals surface area (Å²) < 4.78 is 28.2. The van der Waals surface area contributed by atoms with Crippen LogP contribution < -0.4 is 5.73 Å². The van der Waals surface area contributed by atoms with Gasteiger partial charge in [0, 0.05) is 5.56 Å². The van der Waals surface area contributed by atoms with Crippen molar-refractivity contribution in [2.75, 3.05) is 0 Å². The van der Waals surface area contributed by atoms with Gasteiger partial charge in [-0.15, -0.1) is 5.10 Å². The van der Waals surface area contributed by atoms with Gasteiger partial charge in [-0.25, -0.2) is 13.5 Å². The lowest BCUT2D eigenvalue weighted by molar-refractivity contribution is 0.400. The van der Waals surface area contributed by atoms with E-state index in [9.17, 15) is 8.78 Å². The summed E-state index contributed by atoms with van der Waals surface area (Å²) in [5, 5.41) is 28.7. The Labute approximate surface area is 132 Å². The lowest BCUT2D eigenvalue weighted by Crippen LogP contribution is -2.19. The SMILES string of the molecule is NC(CCCCB(O)O)c1nnnn1Cc1cc(F)ccc1F. The van der Waals surface area contributed by atoms with E-state index in [-0.39, 0.29) is 18.4 Å². The molecule has 124 valence electrons. The highest BCUT2D eigenvalue weighted by Gasteiger charge is 2.17. The van der Waals surface area contributed by atoms with Crippen molar-refractivity contribution < 1.29 is 18.8 Å². The second-order valence-electron chi connectivity index (χ2n) is 5.30. The topological polar surface area (TPSA) is 110 Å². The molecular weight excluding hydrogens is 307 g/mol. The normalized spacial score (nSPS) is 12.4. The van der Waals surface area contributed by atoms with E-state index in [2.05, 4.69) is 15.5 Å². The van der Waals surface area contributed by atoms with Gasteiger partial charge in [0.05, 0.1) is 12.6 Å². The molecule has 0 radical (unpaired) electrons. The molecule has 0 aliphatic heterocycles. The number of nitrogens with zero attached hydrogens (tertiary/aromatic N) is 4. The molecule has 0 fully saturated rings. The first-order valence-electron chi connectivity index (χ1n) is 7.29. The molecule has 4 N–H and O–H groups in total. The van der Waals surface area contributed by atoms with E-state index >= 15 is 0 Å². The maximum Gasteiger partial charge on any atom is 0.451 e.